The smallest absolute Gasteiger partial charge is 0.123 e. The van der Waals surface area contributed by atoms with E-state index in [2.05, 4.69) is 5.32 Å². The zero-order chi connectivity index (χ0) is 6.74. The van der Waals surface area contributed by atoms with Gasteiger partial charge in [0.1, 0.15) is 5.67 Å². The van der Waals surface area contributed by atoms with Crippen molar-refractivity contribution in [3.63, 3.8) is 0 Å². The average molecular weight is 131 g/mol. The van der Waals surface area contributed by atoms with Crippen LogP contribution in [0.15, 0.2) is 0 Å². The van der Waals surface area contributed by atoms with Crippen molar-refractivity contribution in [1.29, 1.82) is 0 Å². The van der Waals surface area contributed by atoms with Gasteiger partial charge in [0, 0.05) is 6.54 Å². The zero-order valence-corrected chi connectivity index (χ0v) is 5.91. The van der Waals surface area contributed by atoms with Gasteiger partial charge in [-0.15, -0.1) is 0 Å². The largest absolute Gasteiger partial charge is 0.314 e. The lowest BCUT2D eigenvalue weighted by Gasteiger charge is -2.28. The van der Waals surface area contributed by atoms with Crippen LogP contribution in [0.5, 0.6) is 0 Å². The summed E-state index contributed by atoms with van der Waals surface area (Å²) in [5.74, 6) is 0. The fourth-order valence-corrected chi connectivity index (χ4v) is 1.23. The molecule has 0 amide bonds. The lowest BCUT2D eigenvalue weighted by atomic mass is 9.94. The van der Waals surface area contributed by atoms with Gasteiger partial charge >= 0.3 is 0 Å². The van der Waals surface area contributed by atoms with Crippen molar-refractivity contribution in [3.8, 4) is 0 Å². The molecule has 0 aromatic carbocycles. The highest BCUT2D eigenvalue weighted by Gasteiger charge is 2.28. The number of halogens is 1. The van der Waals surface area contributed by atoms with Gasteiger partial charge in [0.25, 0.3) is 0 Å². The number of rotatable bonds is 1. The van der Waals surface area contributed by atoms with Crippen LogP contribution in [-0.2, 0) is 0 Å². The molecule has 2 heteroatoms. The van der Waals surface area contributed by atoms with Gasteiger partial charge in [-0.25, -0.2) is 4.39 Å². The van der Waals surface area contributed by atoms with Crippen molar-refractivity contribution < 1.29 is 4.39 Å². The summed E-state index contributed by atoms with van der Waals surface area (Å²) in [5, 5.41) is 3.05. The highest BCUT2D eigenvalue weighted by atomic mass is 19.1. The third-order valence-corrected chi connectivity index (χ3v) is 2.05. The van der Waals surface area contributed by atoms with Crippen LogP contribution in [0.25, 0.3) is 0 Å². The quantitative estimate of drug-likeness (QED) is 0.568. The second-order valence-electron chi connectivity index (χ2n) is 2.78. The summed E-state index contributed by atoms with van der Waals surface area (Å²) < 4.78 is 13.2. The predicted molar refractivity (Wildman–Crippen MR) is 36.2 cm³/mol. The Kier molecular flexibility index (Phi) is 2.06. The Hall–Kier alpha value is -0.110. The Bertz CT molecular complexity index is 86.9. The van der Waals surface area contributed by atoms with Gasteiger partial charge < -0.3 is 5.32 Å². The molecule has 0 radical (unpaired) electrons. The highest BCUT2D eigenvalue weighted by Crippen LogP contribution is 2.23. The van der Waals surface area contributed by atoms with E-state index in [4.69, 9.17) is 0 Å². The molecule has 0 bridgehead atoms. The Morgan fingerprint density at radius 3 is 2.78 bits per heavy atom. The molecule has 1 saturated heterocycles. The summed E-state index contributed by atoms with van der Waals surface area (Å²) in [6.45, 7) is 3.46. The van der Waals surface area contributed by atoms with Crippen molar-refractivity contribution in [2.45, 2.75) is 31.9 Å². The molecule has 1 aliphatic rings. The van der Waals surface area contributed by atoms with Gasteiger partial charge in [0.2, 0.25) is 0 Å². The Balaban J connectivity index is 2.37. The molecule has 54 valence electrons. The highest BCUT2D eigenvalue weighted by molar-refractivity contribution is 4.83. The van der Waals surface area contributed by atoms with E-state index in [1.165, 1.54) is 0 Å². The number of nitrogens with one attached hydrogen (secondary N) is 1. The fraction of sp³-hybridized carbons (Fsp3) is 1.00. The number of piperidine rings is 1. The molecule has 1 rings (SSSR count). The van der Waals surface area contributed by atoms with E-state index in [0.29, 0.717) is 13.0 Å². The van der Waals surface area contributed by atoms with Gasteiger partial charge in [-0.3, -0.25) is 0 Å². The number of alkyl halides is 1. The maximum absolute atomic E-state index is 13.2. The van der Waals surface area contributed by atoms with Crippen LogP contribution in [0, 0.1) is 0 Å². The van der Waals surface area contributed by atoms with Crippen LogP contribution in [0.4, 0.5) is 4.39 Å². The van der Waals surface area contributed by atoms with Crippen LogP contribution >= 0.6 is 0 Å². The first kappa shape index (κ1) is 7.00. The maximum atomic E-state index is 13.2. The van der Waals surface area contributed by atoms with Crippen molar-refractivity contribution in [1.82, 2.24) is 5.32 Å². The molecule has 0 aromatic heterocycles. The minimum atomic E-state index is -0.891. The molecule has 0 aliphatic carbocycles. The molecule has 1 heterocycles. The maximum Gasteiger partial charge on any atom is 0.123 e. The fourth-order valence-electron chi connectivity index (χ4n) is 1.23. The van der Waals surface area contributed by atoms with Gasteiger partial charge in [-0.05, 0) is 25.8 Å². The molecule has 1 nitrogen and oxygen atoms in total. The molecule has 1 fully saturated rings. The summed E-state index contributed by atoms with van der Waals surface area (Å²) in [4.78, 5) is 0. The molecule has 1 aliphatic heterocycles. The van der Waals surface area contributed by atoms with Crippen molar-refractivity contribution >= 4 is 0 Å². The van der Waals surface area contributed by atoms with E-state index in [0.717, 1.165) is 19.4 Å². The first-order valence-corrected chi connectivity index (χ1v) is 3.66. The third kappa shape index (κ3) is 1.65. The van der Waals surface area contributed by atoms with E-state index < -0.39 is 5.67 Å². The number of hydrogen-bond acceptors (Lipinski definition) is 1. The van der Waals surface area contributed by atoms with Gasteiger partial charge in [-0.2, -0.15) is 0 Å². The zero-order valence-electron chi connectivity index (χ0n) is 5.91. The van der Waals surface area contributed by atoms with Crippen LogP contribution in [0.2, 0.25) is 0 Å². The van der Waals surface area contributed by atoms with Gasteiger partial charge in [0.05, 0.1) is 0 Å². The first-order valence-electron chi connectivity index (χ1n) is 3.66. The summed E-state index contributed by atoms with van der Waals surface area (Å²) >= 11 is 0. The van der Waals surface area contributed by atoms with Crippen molar-refractivity contribution in [2.24, 2.45) is 0 Å². The third-order valence-electron chi connectivity index (χ3n) is 2.05. The standard InChI is InChI=1S/C7H14FN/c1-2-7(8)4-3-5-9-6-7/h9H,2-6H2,1H3/t7-/m0/s1. The normalized spacial score (nSPS) is 36.7. The SMILES string of the molecule is CC[C@]1(F)CCCNC1. The molecule has 0 aromatic rings. The lowest BCUT2D eigenvalue weighted by Crippen LogP contribution is -2.41. The van der Waals surface area contributed by atoms with E-state index in [-0.39, 0.29) is 0 Å². The Labute approximate surface area is 55.6 Å². The Morgan fingerprint density at radius 1 is 1.67 bits per heavy atom. The van der Waals surface area contributed by atoms with Gasteiger partial charge in [-0.1, -0.05) is 6.92 Å². The topological polar surface area (TPSA) is 12.0 Å². The summed E-state index contributed by atoms with van der Waals surface area (Å²) in [5.41, 5.74) is -0.891. The summed E-state index contributed by atoms with van der Waals surface area (Å²) in [7, 11) is 0. The number of hydrogen-bond donors (Lipinski definition) is 1. The minimum Gasteiger partial charge on any atom is -0.314 e. The van der Waals surface area contributed by atoms with Crippen LogP contribution in [0.3, 0.4) is 0 Å². The summed E-state index contributed by atoms with van der Waals surface area (Å²) in [6, 6.07) is 0. The second-order valence-corrected chi connectivity index (χ2v) is 2.78. The Morgan fingerprint density at radius 2 is 2.44 bits per heavy atom. The molecular weight excluding hydrogens is 117 g/mol. The van der Waals surface area contributed by atoms with Crippen LogP contribution < -0.4 is 5.32 Å². The second kappa shape index (κ2) is 2.65. The molecule has 0 unspecified atom stereocenters. The molecule has 0 saturated carbocycles. The van der Waals surface area contributed by atoms with E-state index in [1.54, 1.807) is 0 Å². The van der Waals surface area contributed by atoms with Crippen LogP contribution in [-0.4, -0.2) is 18.8 Å². The van der Waals surface area contributed by atoms with Crippen molar-refractivity contribution in [2.75, 3.05) is 13.1 Å². The molecule has 9 heavy (non-hydrogen) atoms. The molecule has 1 atom stereocenters. The van der Waals surface area contributed by atoms with Crippen LogP contribution in [0.1, 0.15) is 26.2 Å². The molecule has 0 spiro atoms. The summed E-state index contributed by atoms with van der Waals surface area (Å²) in [6.07, 6.45) is 2.39. The van der Waals surface area contributed by atoms with Crippen molar-refractivity contribution in [3.05, 3.63) is 0 Å². The molecular formula is C7H14FN. The van der Waals surface area contributed by atoms with E-state index in [9.17, 15) is 4.39 Å². The molecule has 1 N–H and O–H groups in total. The van der Waals surface area contributed by atoms with E-state index >= 15 is 0 Å². The van der Waals surface area contributed by atoms with E-state index in [1.807, 2.05) is 6.92 Å². The predicted octanol–water partition coefficient (Wildman–Crippen LogP) is 1.49. The monoisotopic (exact) mass is 131 g/mol. The average Bonchev–Trinajstić information content (AvgIpc) is 1.90. The minimum absolute atomic E-state index is 0.559. The first-order chi connectivity index (χ1) is 4.27. The van der Waals surface area contributed by atoms with Gasteiger partial charge in [0.15, 0.2) is 0 Å². The lowest BCUT2D eigenvalue weighted by molar-refractivity contribution is 0.117.